The van der Waals surface area contributed by atoms with Crippen LogP contribution >= 0.6 is 0 Å². The number of hydrogen-bond donors (Lipinski definition) is 0. The van der Waals surface area contributed by atoms with Gasteiger partial charge < -0.3 is 18.9 Å². The first kappa shape index (κ1) is 35.2. The van der Waals surface area contributed by atoms with Crippen LogP contribution in [0.25, 0.3) is 0 Å². The highest BCUT2D eigenvalue weighted by molar-refractivity contribution is 5.95. The van der Waals surface area contributed by atoms with Crippen molar-refractivity contribution < 1.29 is 28.5 Å². The maximum Gasteiger partial charge on any atom is 0.313 e. The summed E-state index contributed by atoms with van der Waals surface area (Å²) >= 11 is 0. The molecule has 3 rings (SSSR count). The van der Waals surface area contributed by atoms with Gasteiger partial charge in [0.05, 0.1) is 21.3 Å². The van der Waals surface area contributed by atoms with Crippen LogP contribution in [-0.2, 0) is 26.2 Å². The second-order valence-electron chi connectivity index (χ2n) is 13.3. The number of benzene rings is 2. The standard InChI is InChI=1S/C38H54O6/c1-25(2)31-15-11-14-28(37(31)43-9)13-10-12-26(3)16-19-30(39)24-36(40)44-34-22-27(4)17-20-32(34)38(5,6)29-18-21-33(41-7)35(23-29)42-8/h11-12,14-15,18,21,23,25,27,32,34H,10,13,16-17,19-20,22,24H2,1-9H3/b26-12+/t27-,32-,34+/m1/s1. The molecule has 1 aliphatic carbocycles. The zero-order chi connectivity index (χ0) is 32.4. The fourth-order valence-corrected chi connectivity index (χ4v) is 6.61. The van der Waals surface area contributed by atoms with Crippen molar-refractivity contribution in [2.45, 2.75) is 110 Å². The van der Waals surface area contributed by atoms with Gasteiger partial charge in [-0.2, -0.15) is 0 Å². The van der Waals surface area contributed by atoms with E-state index in [2.05, 4.69) is 71.9 Å². The second kappa shape index (κ2) is 16.2. The van der Waals surface area contributed by atoms with Crippen molar-refractivity contribution in [1.29, 1.82) is 0 Å². The molecule has 0 heterocycles. The van der Waals surface area contributed by atoms with Crippen LogP contribution in [-0.4, -0.2) is 39.2 Å². The molecule has 44 heavy (non-hydrogen) atoms. The highest BCUT2D eigenvalue weighted by Gasteiger charge is 2.42. The Balaban J connectivity index is 1.56. The largest absolute Gasteiger partial charge is 0.496 e. The average Bonchev–Trinajstić information content (AvgIpc) is 2.99. The molecule has 1 aliphatic rings. The van der Waals surface area contributed by atoms with Crippen molar-refractivity contribution in [2.24, 2.45) is 11.8 Å². The van der Waals surface area contributed by atoms with Crippen LogP contribution in [0.5, 0.6) is 17.2 Å². The molecule has 1 saturated carbocycles. The van der Waals surface area contributed by atoms with Gasteiger partial charge >= 0.3 is 5.97 Å². The number of rotatable bonds is 15. The first-order chi connectivity index (χ1) is 20.9. The fraction of sp³-hybridized carbons (Fsp3) is 0.579. The average molecular weight is 607 g/mol. The number of ketones is 1. The maximum atomic E-state index is 13.0. The fourth-order valence-electron chi connectivity index (χ4n) is 6.61. The third-order valence-corrected chi connectivity index (χ3v) is 9.39. The number of allylic oxidation sites excluding steroid dienone is 2. The van der Waals surface area contributed by atoms with Crippen LogP contribution in [0.15, 0.2) is 48.0 Å². The smallest absolute Gasteiger partial charge is 0.313 e. The number of carbonyl (C=O) groups excluding carboxylic acids is 2. The summed E-state index contributed by atoms with van der Waals surface area (Å²) in [7, 11) is 5.00. The van der Waals surface area contributed by atoms with Crippen LogP contribution in [0.3, 0.4) is 0 Å². The van der Waals surface area contributed by atoms with Crippen molar-refractivity contribution in [3.05, 3.63) is 64.7 Å². The highest BCUT2D eigenvalue weighted by Crippen LogP contribution is 2.45. The monoisotopic (exact) mass is 606 g/mol. The van der Waals surface area contributed by atoms with E-state index in [-0.39, 0.29) is 29.6 Å². The summed E-state index contributed by atoms with van der Waals surface area (Å²) in [5.74, 6) is 2.84. The maximum absolute atomic E-state index is 13.0. The second-order valence-corrected chi connectivity index (χ2v) is 13.3. The minimum atomic E-state index is -0.416. The first-order valence-electron chi connectivity index (χ1n) is 16.2. The number of aryl methyl sites for hydroxylation is 1. The van der Waals surface area contributed by atoms with E-state index in [1.165, 1.54) is 11.1 Å². The lowest BCUT2D eigenvalue weighted by atomic mass is 9.64. The third-order valence-electron chi connectivity index (χ3n) is 9.39. The van der Waals surface area contributed by atoms with Gasteiger partial charge in [-0.1, -0.05) is 77.0 Å². The Bertz CT molecular complexity index is 1290. The summed E-state index contributed by atoms with van der Waals surface area (Å²) in [6.07, 6.45) is 7.33. The number of hydrogen-bond acceptors (Lipinski definition) is 6. The van der Waals surface area contributed by atoms with Crippen LogP contribution in [0.2, 0.25) is 0 Å². The van der Waals surface area contributed by atoms with Gasteiger partial charge in [-0.25, -0.2) is 0 Å². The molecule has 0 N–H and O–H groups in total. The van der Waals surface area contributed by atoms with Gasteiger partial charge in [-0.05, 0) is 85.1 Å². The van der Waals surface area contributed by atoms with Gasteiger partial charge in [0, 0.05) is 12.3 Å². The Kier molecular flexibility index (Phi) is 12.9. The molecular weight excluding hydrogens is 552 g/mol. The summed E-state index contributed by atoms with van der Waals surface area (Å²) in [6.45, 7) is 13.0. The Morgan fingerprint density at radius 2 is 1.70 bits per heavy atom. The van der Waals surface area contributed by atoms with Crippen molar-refractivity contribution in [1.82, 2.24) is 0 Å². The molecule has 242 valence electrons. The van der Waals surface area contributed by atoms with E-state index in [0.717, 1.165) is 49.0 Å². The van der Waals surface area contributed by atoms with Crippen LogP contribution < -0.4 is 14.2 Å². The zero-order valence-corrected chi connectivity index (χ0v) is 28.5. The molecule has 2 aromatic rings. The van der Waals surface area contributed by atoms with Crippen molar-refractivity contribution in [3.63, 3.8) is 0 Å². The predicted octanol–water partition coefficient (Wildman–Crippen LogP) is 8.78. The van der Waals surface area contributed by atoms with E-state index in [4.69, 9.17) is 18.9 Å². The molecule has 1 fully saturated rings. The van der Waals surface area contributed by atoms with E-state index in [9.17, 15) is 9.59 Å². The molecule has 0 aliphatic heterocycles. The molecule has 2 aromatic carbocycles. The molecule has 3 atom stereocenters. The number of esters is 1. The zero-order valence-electron chi connectivity index (χ0n) is 28.5. The van der Waals surface area contributed by atoms with Crippen molar-refractivity contribution >= 4 is 11.8 Å². The topological polar surface area (TPSA) is 71.1 Å². The Hall–Kier alpha value is -3.28. The van der Waals surface area contributed by atoms with Crippen LogP contribution in [0.4, 0.5) is 0 Å². The highest BCUT2D eigenvalue weighted by atomic mass is 16.5. The third kappa shape index (κ3) is 9.12. The number of carbonyl (C=O) groups is 2. The van der Waals surface area contributed by atoms with E-state index in [1.807, 2.05) is 12.1 Å². The van der Waals surface area contributed by atoms with Gasteiger partial charge in [0.25, 0.3) is 0 Å². The van der Waals surface area contributed by atoms with Crippen molar-refractivity contribution in [2.75, 3.05) is 21.3 Å². The lowest BCUT2D eigenvalue weighted by Gasteiger charge is -2.44. The van der Waals surface area contributed by atoms with E-state index in [0.29, 0.717) is 36.2 Å². The number of Topliss-reactive ketones (excluding diaryl/α,β-unsaturated/α-hetero) is 1. The van der Waals surface area contributed by atoms with Crippen molar-refractivity contribution in [3.8, 4) is 17.2 Å². The molecule has 0 amide bonds. The first-order valence-corrected chi connectivity index (χ1v) is 16.2. The normalized spacial score (nSPS) is 19.0. The number of ether oxygens (including phenoxy) is 4. The quantitative estimate of drug-likeness (QED) is 0.115. The molecule has 0 saturated heterocycles. The minimum Gasteiger partial charge on any atom is -0.496 e. The molecule has 6 nitrogen and oxygen atoms in total. The lowest BCUT2D eigenvalue weighted by molar-refractivity contribution is -0.157. The van der Waals surface area contributed by atoms with Crippen LogP contribution in [0, 0.1) is 11.8 Å². The van der Waals surface area contributed by atoms with Gasteiger partial charge in [-0.15, -0.1) is 0 Å². The molecule has 0 unspecified atom stereocenters. The Morgan fingerprint density at radius 1 is 0.977 bits per heavy atom. The van der Waals surface area contributed by atoms with Gasteiger partial charge in [0.15, 0.2) is 11.5 Å². The molecule has 0 radical (unpaired) electrons. The molecule has 0 aromatic heterocycles. The minimum absolute atomic E-state index is 0.0754. The van der Waals surface area contributed by atoms with E-state index in [1.54, 1.807) is 21.3 Å². The molecule has 6 heteroatoms. The van der Waals surface area contributed by atoms with E-state index >= 15 is 0 Å². The number of para-hydroxylation sites is 1. The summed E-state index contributed by atoms with van der Waals surface area (Å²) in [4.78, 5) is 25.8. The summed E-state index contributed by atoms with van der Waals surface area (Å²) in [5, 5.41) is 0. The summed E-state index contributed by atoms with van der Waals surface area (Å²) in [5.41, 5.74) is 4.42. The summed E-state index contributed by atoms with van der Waals surface area (Å²) < 4.78 is 22.8. The Labute approximate surface area is 265 Å². The van der Waals surface area contributed by atoms with E-state index < -0.39 is 5.97 Å². The summed E-state index contributed by atoms with van der Waals surface area (Å²) in [6, 6.07) is 12.4. The van der Waals surface area contributed by atoms with Gasteiger partial charge in [-0.3, -0.25) is 9.59 Å². The molecule has 0 bridgehead atoms. The molecular formula is C38H54O6. The van der Waals surface area contributed by atoms with Gasteiger partial charge in [0.2, 0.25) is 0 Å². The Morgan fingerprint density at radius 3 is 2.36 bits per heavy atom. The number of methoxy groups -OCH3 is 3. The SMILES string of the molecule is COc1ccc(C(C)(C)[C@@H]2CC[C@@H](C)C[C@@H]2OC(=O)CC(=O)CC/C(C)=C/CCc2cccc(C(C)C)c2OC)cc1OC. The predicted molar refractivity (Wildman–Crippen MR) is 177 cm³/mol. The molecule has 0 spiro atoms. The van der Waals surface area contributed by atoms with Gasteiger partial charge in [0.1, 0.15) is 24.1 Å². The van der Waals surface area contributed by atoms with Crippen LogP contribution in [0.1, 0.15) is 109 Å². The lowest BCUT2D eigenvalue weighted by Crippen LogP contribution is -2.43.